The van der Waals surface area contributed by atoms with E-state index in [9.17, 15) is 8.42 Å². The van der Waals surface area contributed by atoms with Gasteiger partial charge in [0.05, 0.1) is 11.9 Å². The summed E-state index contributed by atoms with van der Waals surface area (Å²) in [4.78, 5) is 4.05. The quantitative estimate of drug-likeness (QED) is 0.809. The van der Waals surface area contributed by atoms with Crippen LogP contribution in [0.25, 0.3) is 0 Å². The van der Waals surface area contributed by atoms with Crippen molar-refractivity contribution < 1.29 is 13.2 Å². The third-order valence-corrected chi connectivity index (χ3v) is 6.07. The zero-order valence-electron chi connectivity index (χ0n) is 12.7. The Morgan fingerprint density at radius 3 is 2.90 bits per heavy atom. The Morgan fingerprint density at radius 2 is 2.29 bits per heavy atom. The fourth-order valence-electron chi connectivity index (χ4n) is 2.53. The Labute approximate surface area is 127 Å². The maximum atomic E-state index is 12.4. The van der Waals surface area contributed by atoms with Crippen LogP contribution in [0.1, 0.15) is 44.2 Å². The molecule has 2 heterocycles. The molecule has 1 aliphatic rings. The van der Waals surface area contributed by atoms with Crippen LogP contribution in [-0.2, 0) is 14.8 Å². The van der Waals surface area contributed by atoms with Crippen molar-refractivity contribution in [1.82, 2.24) is 9.29 Å². The van der Waals surface area contributed by atoms with Crippen molar-refractivity contribution in [2.45, 2.75) is 44.8 Å². The normalized spacial score (nSPS) is 21.4. The van der Waals surface area contributed by atoms with Gasteiger partial charge in [0.1, 0.15) is 0 Å². The summed E-state index contributed by atoms with van der Waals surface area (Å²) in [5.74, 6) is 0.138. The molecule has 0 radical (unpaired) electrons. The molecule has 1 unspecified atom stereocenters. The molecule has 2 atom stereocenters. The van der Waals surface area contributed by atoms with Gasteiger partial charge in [-0.1, -0.05) is 6.07 Å². The maximum absolute atomic E-state index is 12.4. The average molecular weight is 312 g/mol. The van der Waals surface area contributed by atoms with E-state index < -0.39 is 10.0 Å². The van der Waals surface area contributed by atoms with Crippen molar-refractivity contribution in [3.63, 3.8) is 0 Å². The second-order valence-corrected chi connectivity index (χ2v) is 7.72. The summed E-state index contributed by atoms with van der Waals surface area (Å²) < 4.78 is 31.9. The maximum Gasteiger partial charge on any atom is 0.214 e. The molecule has 118 valence electrons. The summed E-state index contributed by atoms with van der Waals surface area (Å²) >= 11 is 0. The van der Waals surface area contributed by atoms with Gasteiger partial charge < -0.3 is 4.74 Å². The van der Waals surface area contributed by atoms with Crippen molar-refractivity contribution in [1.29, 1.82) is 0 Å². The first kappa shape index (κ1) is 16.4. The molecule has 0 amide bonds. The van der Waals surface area contributed by atoms with Crippen LogP contribution in [-0.4, -0.2) is 43.2 Å². The van der Waals surface area contributed by atoms with Crippen LogP contribution in [0.15, 0.2) is 24.5 Å². The number of rotatable bonds is 6. The minimum Gasteiger partial charge on any atom is -0.378 e. The van der Waals surface area contributed by atoms with Gasteiger partial charge >= 0.3 is 0 Å². The van der Waals surface area contributed by atoms with E-state index in [-0.39, 0.29) is 17.9 Å². The summed E-state index contributed by atoms with van der Waals surface area (Å²) in [6, 6.07) is 3.51. The van der Waals surface area contributed by atoms with Crippen LogP contribution in [0.3, 0.4) is 0 Å². The number of aromatic nitrogens is 1. The molecule has 6 heteroatoms. The van der Waals surface area contributed by atoms with E-state index in [1.54, 1.807) is 19.4 Å². The van der Waals surface area contributed by atoms with Gasteiger partial charge in [0.15, 0.2) is 0 Å². The van der Waals surface area contributed by atoms with Crippen LogP contribution in [0.5, 0.6) is 0 Å². The van der Waals surface area contributed by atoms with Crippen LogP contribution in [0.4, 0.5) is 0 Å². The predicted molar refractivity (Wildman–Crippen MR) is 82.4 cm³/mol. The van der Waals surface area contributed by atoms with E-state index in [4.69, 9.17) is 4.74 Å². The van der Waals surface area contributed by atoms with E-state index in [1.165, 1.54) is 4.31 Å². The highest BCUT2D eigenvalue weighted by Crippen LogP contribution is 2.22. The first-order chi connectivity index (χ1) is 10.0. The summed E-state index contributed by atoms with van der Waals surface area (Å²) in [7, 11) is -1.65. The number of sulfonamides is 1. The topological polar surface area (TPSA) is 59.5 Å². The largest absolute Gasteiger partial charge is 0.378 e. The lowest BCUT2D eigenvalue weighted by atomic mass is 10.1. The molecule has 1 aliphatic heterocycles. The molecule has 2 rings (SSSR count). The highest BCUT2D eigenvalue weighted by molar-refractivity contribution is 7.89. The molecule has 0 bridgehead atoms. The van der Waals surface area contributed by atoms with Crippen LogP contribution < -0.4 is 0 Å². The predicted octanol–water partition coefficient (Wildman–Crippen LogP) is 2.36. The smallest absolute Gasteiger partial charge is 0.214 e. The second-order valence-electron chi connectivity index (χ2n) is 5.57. The van der Waals surface area contributed by atoms with Gasteiger partial charge in [-0.15, -0.1) is 0 Å². The van der Waals surface area contributed by atoms with E-state index in [1.807, 2.05) is 19.1 Å². The van der Waals surface area contributed by atoms with Gasteiger partial charge in [-0.05, 0) is 44.2 Å². The fourth-order valence-corrected chi connectivity index (χ4v) is 3.99. The number of nitrogens with zero attached hydrogens (tertiary/aromatic N) is 2. The van der Waals surface area contributed by atoms with Crippen molar-refractivity contribution in [2.24, 2.45) is 0 Å². The second kappa shape index (κ2) is 7.33. The van der Waals surface area contributed by atoms with Gasteiger partial charge in [0, 0.05) is 32.1 Å². The molecule has 1 saturated heterocycles. The van der Waals surface area contributed by atoms with Crippen LogP contribution >= 0.6 is 0 Å². The molecule has 0 spiro atoms. The summed E-state index contributed by atoms with van der Waals surface area (Å²) in [5.41, 5.74) is 0.900. The number of hydrogen-bond acceptors (Lipinski definition) is 4. The Morgan fingerprint density at radius 1 is 1.48 bits per heavy atom. The van der Waals surface area contributed by atoms with Crippen LogP contribution in [0.2, 0.25) is 0 Å². The molecule has 0 saturated carbocycles. The standard InChI is InChI=1S/C15H24N2O3S/c1-13(14-6-5-9-16-12-14)17(2)21(18,19)11-8-15-7-3-4-10-20-15/h5-6,9,12-13,15H,3-4,7-8,10-11H2,1-2H3/t13-,15?/m1/s1. The van der Waals surface area contributed by atoms with Gasteiger partial charge in [-0.3, -0.25) is 4.98 Å². The SMILES string of the molecule is C[C@H](c1cccnc1)N(C)S(=O)(=O)CCC1CCCCO1. The molecule has 1 aromatic heterocycles. The Bertz CT molecular complexity index is 527. The van der Waals surface area contributed by atoms with Crippen molar-refractivity contribution in [3.8, 4) is 0 Å². The van der Waals surface area contributed by atoms with Gasteiger partial charge in [0.2, 0.25) is 10.0 Å². The van der Waals surface area contributed by atoms with E-state index >= 15 is 0 Å². The molecular weight excluding hydrogens is 288 g/mol. The number of hydrogen-bond donors (Lipinski definition) is 0. The molecule has 0 N–H and O–H groups in total. The van der Waals surface area contributed by atoms with E-state index in [0.717, 1.165) is 31.4 Å². The van der Waals surface area contributed by atoms with Crippen LogP contribution in [0, 0.1) is 0 Å². The fraction of sp³-hybridized carbons (Fsp3) is 0.667. The summed E-state index contributed by atoms with van der Waals surface area (Å²) in [6.45, 7) is 2.64. The van der Waals surface area contributed by atoms with Gasteiger partial charge in [-0.25, -0.2) is 8.42 Å². The van der Waals surface area contributed by atoms with Crippen molar-refractivity contribution in [3.05, 3.63) is 30.1 Å². The molecule has 1 aromatic rings. The lowest BCUT2D eigenvalue weighted by Crippen LogP contribution is -2.33. The Balaban J connectivity index is 1.94. The van der Waals surface area contributed by atoms with Crippen molar-refractivity contribution in [2.75, 3.05) is 19.4 Å². The zero-order chi connectivity index (χ0) is 15.3. The Hall–Kier alpha value is -0.980. The van der Waals surface area contributed by atoms with Gasteiger partial charge in [0.25, 0.3) is 0 Å². The minimum absolute atomic E-state index is 0.0932. The summed E-state index contributed by atoms with van der Waals surface area (Å²) in [5, 5.41) is 0. The Kier molecular flexibility index (Phi) is 5.72. The minimum atomic E-state index is -3.28. The molecule has 21 heavy (non-hydrogen) atoms. The number of pyridine rings is 1. The van der Waals surface area contributed by atoms with Crippen molar-refractivity contribution >= 4 is 10.0 Å². The first-order valence-corrected chi connectivity index (χ1v) is 9.09. The number of ether oxygens (including phenoxy) is 1. The highest BCUT2D eigenvalue weighted by atomic mass is 32.2. The zero-order valence-corrected chi connectivity index (χ0v) is 13.6. The lowest BCUT2D eigenvalue weighted by molar-refractivity contribution is 0.0146. The third-order valence-electron chi connectivity index (χ3n) is 4.12. The molecular formula is C15H24N2O3S. The average Bonchev–Trinajstić information content (AvgIpc) is 2.53. The molecule has 5 nitrogen and oxygen atoms in total. The monoisotopic (exact) mass is 312 g/mol. The van der Waals surface area contributed by atoms with E-state index in [0.29, 0.717) is 6.42 Å². The summed E-state index contributed by atoms with van der Waals surface area (Å²) in [6.07, 6.45) is 7.25. The van der Waals surface area contributed by atoms with Gasteiger partial charge in [-0.2, -0.15) is 4.31 Å². The molecule has 1 fully saturated rings. The molecule has 0 aliphatic carbocycles. The third kappa shape index (κ3) is 4.49. The lowest BCUT2D eigenvalue weighted by Gasteiger charge is -2.26. The first-order valence-electron chi connectivity index (χ1n) is 7.48. The van der Waals surface area contributed by atoms with E-state index in [2.05, 4.69) is 4.98 Å². The highest BCUT2D eigenvalue weighted by Gasteiger charge is 2.26. The molecule has 0 aromatic carbocycles.